The predicted octanol–water partition coefficient (Wildman–Crippen LogP) is 2.52. The van der Waals surface area contributed by atoms with Crippen LogP contribution in [0.15, 0.2) is 48.6 Å². The summed E-state index contributed by atoms with van der Waals surface area (Å²) in [5.41, 5.74) is 2.29. The minimum Gasteiger partial charge on any atom is -0.378 e. The molecule has 0 radical (unpaired) electrons. The highest BCUT2D eigenvalue weighted by atomic mass is 16.5. The summed E-state index contributed by atoms with van der Waals surface area (Å²) >= 11 is 0. The fourth-order valence-corrected chi connectivity index (χ4v) is 3.07. The molecule has 24 heavy (non-hydrogen) atoms. The standard InChI is InChI=1S/C19H16N2O3/c22-15-6-7-16(23)19-18(15)14(13-4-2-1-3-5-13)12-17(20-19)21-8-10-24-11-9-21/h1-7,12H,8-11H2. The maximum atomic E-state index is 12.4. The summed E-state index contributed by atoms with van der Waals surface area (Å²) < 4.78 is 5.39. The first kappa shape index (κ1) is 14.8. The molecular weight excluding hydrogens is 304 g/mol. The molecule has 5 heteroatoms. The third kappa shape index (κ3) is 2.53. The van der Waals surface area contributed by atoms with Crippen molar-refractivity contribution < 1.29 is 14.3 Å². The van der Waals surface area contributed by atoms with E-state index in [-0.39, 0.29) is 17.3 Å². The van der Waals surface area contributed by atoms with Crippen LogP contribution >= 0.6 is 0 Å². The Hall–Kier alpha value is -2.79. The highest BCUT2D eigenvalue weighted by molar-refractivity contribution is 6.23. The summed E-state index contributed by atoms with van der Waals surface area (Å²) in [5, 5.41) is 0. The Kier molecular flexibility index (Phi) is 3.70. The van der Waals surface area contributed by atoms with Gasteiger partial charge in [0.1, 0.15) is 11.5 Å². The van der Waals surface area contributed by atoms with Gasteiger partial charge in [0.25, 0.3) is 0 Å². The summed E-state index contributed by atoms with van der Waals surface area (Å²) in [4.78, 5) is 31.3. The Bertz CT molecular complexity index is 837. The number of nitrogens with zero attached hydrogens (tertiary/aromatic N) is 2. The molecule has 1 aliphatic carbocycles. The van der Waals surface area contributed by atoms with Gasteiger partial charge in [0, 0.05) is 13.1 Å². The first-order valence-corrected chi connectivity index (χ1v) is 7.94. The molecule has 1 aromatic carbocycles. The molecule has 0 unspecified atom stereocenters. The number of ketones is 2. The predicted molar refractivity (Wildman–Crippen MR) is 90.5 cm³/mol. The molecule has 2 heterocycles. The highest BCUT2D eigenvalue weighted by Gasteiger charge is 2.27. The van der Waals surface area contributed by atoms with Crippen LogP contribution in [0.25, 0.3) is 11.1 Å². The number of allylic oxidation sites excluding steroid dienone is 2. The van der Waals surface area contributed by atoms with E-state index in [0.29, 0.717) is 24.6 Å². The number of benzene rings is 1. The lowest BCUT2D eigenvalue weighted by atomic mass is 9.91. The maximum Gasteiger partial charge on any atom is 0.205 e. The molecule has 2 aromatic rings. The zero-order valence-electron chi connectivity index (χ0n) is 13.1. The second kappa shape index (κ2) is 6.02. The fraction of sp³-hybridized carbons (Fsp3) is 0.211. The van der Waals surface area contributed by atoms with E-state index in [0.717, 1.165) is 24.2 Å². The smallest absolute Gasteiger partial charge is 0.205 e. The normalized spacial score (nSPS) is 17.1. The third-order valence-corrected chi connectivity index (χ3v) is 4.29. The van der Waals surface area contributed by atoms with Gasteiger partial charge in [0.05, 0.1) is 18.8 Å². The summed E-state index contributed by atoms with van der Waals surface area (Å²) in [6, 6.07) is 11.5. The van der Waals surface area contributed by atoms with Gasteiger partial charge in [-0.3, -0.25) is 9.59 Å². The molecule has 2 aliphatic rings. The van der Waals surface area contributed by atoms with Gasteiger partial charge < -0.3 is 9.64 Å². The van der Waals surface area contributed by atoms with Crippen LogP contribution in [0, 0.1) is 0 Å². The Labute approximate surface area is 139 Å². The van der Waals surface area contributed by atoms with Crippen LogP contribution in [0.3, 0.4) is 0 Å². The molecule has 120 valence electrons. The molecule has 1 fully saturated rings. The van der Waals surface area contributed by atoms with Gasteiger partial charge in [-0.15, -0.1) is 0 Å². The Balaban J connectivity index is 1.92. The van der Waals surface area contributed by atoms with Crippen molar-refractivity contribution in [2.24, 2.45) is 0 Å². The number of aromatic nitrogens is 1. The second-order valence-corrected chi connectivity index (χ2v) is 5.78. The first-order chi connectivity index (χ1) is 11.7. The van der Waals surface area contributed by atoms with Crippen LogP contribution in [-0.4, -0.2) is 42.9 Å². The van der Waals surface area contributed by atoms with Crippen LogP contribution in [0.4, 0.5) is 5.82 Å². The Morgan fingerprint density at radius 3 is 2.42 bits per heavy atom. The van der Waals surface area contributed by atoms with E-state index < -0.39 is 0 Å². The number of anilines is 1. The number of carbonyl (C=O) groups is 2. The minimum absolute atomic E-state index is 0.176. The van der Waals surface area contributed by atoms with Gasteiger partial charge >= 0.3 is 0 Å². The molecule has 1 aromatic heterocycles. The second-order valence-electron chi connectivity index (χ2n) is 5.78. The number of morpholine rings is 1. The van der Waals surface area contributed by atoms with Crippen molar-refractivity contribution in [1.82, 2.24) is 4.98 Å². The molecule has 0 bridgehead atoms. The third-order valence-electron chi connectivity index (χ3n) is 4.29. The summed E-state index contributed by atoms with van der Waals surface area (Å²) in [6.07, 6.45) is 2.63. The number of hydrogen-bond acceptors (Lipinski definition) is 5. The van der Waals surface area contributed by atoms with E-state index >= 15 is 0 Å². The quantitative estimate of drug-likeness (QED) is 0.851. The van der Waals surface area contributed by atoms with Gasteiger partial charge in [0.15, 0.2) is 5.78 Å². The van der Waals surface area contributed by atoms with Gasteiger partial charge in [-0.05, 0) is 29.3 Å². The molecule has 0 spiro atoms. The number of rotatable bonds is 2. The molecule has 1 saturated heterocycles. The molecule has 0 amide bonds. The van der Waals surface area contributed by atoms with E-state index in [1.807, 2.05) is 36.4 Å². The zero-order chi connectivity index (χ0) is 16.5. The molecule has 1 aliphatic heterocycles. The lowest BCUT2D eigenvalue weighted by Gasteiger charge is -2.29. The number of fused-ring (bicyclic) bond motifs is 1. The molecule has 5 nitrogen and oxygen atoms in total. The first-order valence-electron chi connectivity index (χ1n) is 7.94. The maximum absolute atomic E-state index is 12.4. The minimum atomic E-state index is -0.225. The van der Waals surface area contributed by atoms with Crippen molar-refractivity contribution in [3.05, 3.63) is 59.8 Å². The molecule has 0 N–H and O–H groups in total. The van der Waals surface area contributed by atoms with Gasteiger partial charge in [-0.25, -0.2) is 4.98 Å². The van der Waals surface area contributed by atoms with Crippen molar-refractivity contribution in [2.75, 3.05) is 31.2 Å². The number of hydrogen-bond donors (Lipinski definition) is 0. The molecule has 0 saturated carbocycles. The van der Waals surface area contributed by atoms with Crippen LogP contribution in [0.5, 0.6) is 0 Å². The molecule has 0 atom stereocenters. The van der Waals surface area contributed by atoms with Crippen LogP contribution in [-0.2, 0) is 4.74 Å². The van der Waals surface area contributed by atoms with Crippen molar-refractivity contribution >= 4 is 17.4 Å². The SMILES string of the molecule is O=C1C=CC(=O)c2c(-c3ccccc3)cc(N3CCOCC3)nc21. The van der Waals surface area contributed by atoms with Crippen molar-refractivity contribution in [3.8, 4) is 11.1 Å². The van der Waals surface area contributed by atoms with Gasteiger partial charge in [-0.1, -0.05) is 30.3 Å². The van der Waals surface area contributed by atoms with Crippen LogP contribution in [0.1, 0.15) is 20.8 Å². The molecule has 4 rings (SSSR count). The van der Waals surface area contributed by atoms with Gasteiger partial charge in [-0.2, -0.15) is 0 Å². The Morgan fingerprint density at radius 1 is 0.958 bits per heavy atom. The number of carbonyl (C=O) groups excluding carboxylic acids is 2. The topological polar surface area (TPSA) is 59.5 Å². The average Bonchev–Trinajstić information content (AvgIpc) is 2.65. The lowest BCUT2D eigenvalue weighted by Crippen LogP contribution is -2.37. The number of pyridine rings is 1. The van der Waals surface area contributed by atoms with E-state index in [4.69, 9.17) is 4.74 Å². The van der Waals surface area contributed by atoms with E-state index in [1.54, 1.807) is 0 Å². The van der Waals surface area contributed by atoms with E-state index in [1.165, 1.54) is 12.2 Å². The van der Waals surface area contributed by atoms with Crippen molar-refractivity contribution in [1.29, 1.82) is 0 Å². The Morgan fingerprint density at radius 2 is 1.67 bits per heavy atom. The lowest BCUT2D eigenvalue weighted by molar-refractivity contribution is 0.0990. The van der Waals surface area contributed by atoms with Crippen molar-refractivity contribution in [2.45, 2.75) is 0 Å². The average molecular weight is 320 g/mol. The zero-order valence-corrected chi connectivity index (χ0v) is 13.1. The monoisotopic (exact) mass is 320 g/mol. The summed E-state index contributed by atoms with van der Waals surface area (Å²) in [6.45, 7) is 2.70. The van der Waals surface area contributed by atoms with Crippen LogP contribution in [0.2, 0.25) is 0 Å². The highest BCUT2D eigenvalue weighted by Crippen LogP contribution is 2.32. The largest absolute Gasteiger partial charge is 0.378 e. The van der Waals surface area contributed by atoms with E-state index in [2.05, 4.69) is 9.88 Å². The fourth-order valence-electron chi connectivity index (χ4n) is 3.07. The van der Waals surface area contributed by atoms with Crippen LogP contribution < -0.4 is 4.90 Å². The van der Waals surface area contributed by atoms with Crippen molar-refractivity contribution in [3.63, 3.8) is 0 Å². The summed E-state index contributed by atoms with van der Waals surface area (Å²) in [5.74, 6) is 0.314. The van der Waals surface area contributed by atoms with E-state index in [9.17, 15) is 9.59 Å². The number of ether oxygens (including phenoxy) is 1. The van der Waals surface area contributed by atoms with Gasteiger partial charge in [0.2, 0.25) is 5.78 Å². The molecular formula is C19H16N2O3. The summed E-state index contributed by atoms with van der Waals surface area (Å²) in [7, 11) is 0.